The first-order valence-corrected chi connectivity index (χ1v) is 9.47. The normalized spacial score (nSPS) is 12.0. The summed E-state index contributed by atoms with van der Waals surface area (Å²) in [5, 5.41) is 1.76. The minimum atomic E-state index is -0.505. The third kappa shape index (κ3) is 4.01. The molecule has 0 bridgehead atoms. The Bertz CT molecular complexity index is 1060. The number of hydrogen-bond donors (Lipinski definition) is 0. The number of hydrogen-bond acceptors (Lipinski definition) is 5. The Morgan fingerprint density at radius 1 is 1.00 bits per heavy atom. The standard InChI is InChI=1S/C23H21NO5/c1-2-24(13-16-10-11-20-21(12-16)29-15-28-20)22(25)14-27-23(26)19-9-5-7-17-6-3-4-8-18(17)19/h3-12H,2,13-15H2,1H3. The van der Waals surface area contributed by atoms with Crippen molar-refractivity contribution >= 4 is 22.6 Å². The Balaban J connectivity index is 1.40. The first kappa shape index (κ1) is 18.8. The number of carbonyl (C=O) groups excluding carboxylic acids is 2. The van der Waals surface area contributed by atoms with Gasteiger partial charge in [0.05, 0.1) is 5.56 Å². The first-order chi connectivity index (χ1) is 14.2. The summed E-state index contributed by atoms with van der Waals surface area (Å²) in [6.07, 6.45) is 0. The number of rotatable bonds is 6. The third-order valence-corrected chi connectivity index (χ3v) is 4.88. The van der Waals surface area contributed by atoms with Crippen molar-refractivity contribution in [3.05, 3.63) is 71.8 Å². The highest BCUT2D eigenvalue weighted by Gasteiger charge is 2.19. The number of ether oxygens (including phenoxy) is 3. The largest absolute Gasteiger partial charge is 0.454 e. The van der Waals surface area contributed by atoms with E-state index < -0.39 is 5.97 Å². The van der Waals surface area contributed by atoms with E-state index in [9.17, 15) is 9.59 Å². The quantitative estimate of drug-likeness (QED) is 0.599. The molecule has 29 heavy (non-hydrogen) atoms. The Morgan fingerprint density at radius 2 is 1.79 bits per heavy atom. The van der Waals surface area contributed by atoms with Gasteiger partial charge in [-0.15, -0.1) is 0 Å². The number of fused-ring (bicyclic) bond motifs is 2. The molecule has 0 aromatic heterocycles. The van der Waals surface area contributed by atoms with Crippen molar-refractivity contribution in [3.63, 3.8) is 0 Å². The van der Waals surface area contributed by atoms with Crippen LogP contribution in [0.4, 0.5) is 0 Å². The fourth-order valence-electron chi connectivity index (χ4n) is 3.34. The topological polar surface area (TPSA) is 65.1 Å². The van der Waals surface area contributed by atoms with Crippen molar-refractivity contribution in [1.82, 2.24) is 4.90 Å². The second-order valence-corrected chi connectivity index (χ2v) is 6.70. The van der Waals surface area contributed by atoms with Crippen LogP contribution in [0.3, 0.4) is 0 Å². The van der Waals surface area contributed by atoms with Gasteiger partial charge in [0.15, 0.2) is 18.1 Å². The molecule has 6 heteroatoms. The van der Waals surface area contributed by atoms with Gasteiger partial charge in [-0.05, 0) is 41.5 Å². The minimum absolute atomic E-state index is 0.208. The Kier molecular flexibility index (Phi) is 5.33. The van der Waals surface area contributed by atoms with Gasteiger partial charge >= 0.3 is 5.97 Å². The molecule has 1 aliphatic rings. The maximum absolute atomic E-state index is 12.6. The smallest absolute Gasteiger partial charge is 0.339 e. The van der Waals surface area contributed by atoms with Crippen LogP contribution in [0.25, 0.3) is 10.8 Å². The number of esters is 1. The van der Waals surface area contributed by atoms with Crippen LogP contribution < -0.4 is 9.47 Å². The number of amides is 1. The molecule has 0 fully saturated rings. The number of benzene rings is 3. The number of likely N-dealkylation sites (N-methyl/N-ethyl adjacent to an activating group) is 1. The van der Waals surface area contributed by atoms with Crippen LogP contribution >= 0.6 is 0 Å². The van der Waals surface area contributed by atoms with Gasteiger partial charge in [-0.2, -0.15) is 0 Å². The van der Waals surface area contributed by atoms with E-state index in [0.29, 0.717) is 30.2 Å². The Hall–Kier alpha value is -3.54. The summed E-state index contributed by atoms with van der Waals surface area (Å²) in [6, 6.07) is 18.6. The summed E-state index contributed by atoms with van der Waals surface area (Å²) < 4.78 is 16.0. The molecular formula is C23H21NO5. The molecule has 0 atom stereocenters. The Morgan fingerprint density at radius 3 is 2.66 bits per heavy atom. The molecule has 3 aromatic rings. The molecule has 0 aliphatic carbocycles. The molecule has 148 valence electrons. The summed E-state index contributed by atoms with van der Waals surface area (Å²) in [5.74, 6) is 0.619. The zero-order chi connectivity index (χ0) is 20.2. The molecule has 0 saturated carbocycles. The van der Waals surface area contributed by atoms with Gasteiger partial charge < -0.3 is 19.1 Å². The van der Waals surface area contributed by atoms with Crippen molar-refractivity contribution in [3.8, 4) is 11.5 Å². The lowest BCUT2D eigenvalue weighted by molar-refractivity contribution is -0.134. The molecule has 0 saturated heterocycles. The maximum atomic E-state index is 12.6. The van der Waals surface area contributed by atoms with Crippen LogP contribution in [0, 0.1) is 0 Å². The Labute approximate surface area is 168 Å². The van der Waals surface area contributed by atoms with E-state index in [2.05, 4.69) is 0 Å². The molecule has 6 nitrogen and oxygen atoms in total. The SMILES string of the molecule is CCN(Cc1ccc2c(c1)OCO2)C(=O)COC(=O)c1cccc2ccccc12. The lowest BCUT2D eigenvalue weighted by Gasteiger charge is -2.21. The summed E-state index contributed by atoms with van der Waals surface area (Å²) in [5.41, 5.74) is 1.37. The molecular weight excluding hydrogens is 370 g/mol. The van der Waals surface area contributed by atoms with Crippen LogP contribution in [0.15, 0.2) is 60.7 Å². The predicted octanol–water partition coefficient (Wildman–Crippen LogP) is 3.77. The molecule has 3 aromatic carbocycles. The summed E-state index contributed by atoms with van der Waals surface area (Å²) in [4.78, 5) is 26.8. The highest BCUT2D eigenvalue weighted by Crippen LogP contribution is 2.32. The summed E-state index contributed by atoms with van der Waals surface area (Å²) in [6.45, 7) is 2.69. The monoisotopic (exact) mass is 391 g/mol. The molecule has 1 aliphatic heterocycles. The average molecular weight is 391 g/mol. The second-order valence-electron chi connectivity index (χ2n) is 6.70. The molecule has 0 N–H and O–H groups in total. The van der Waals surface area contributed by atoms with Crippen LogP contribution in [-0.4, -0.2) is 36.7 Å². The highest BCUT2D eigenvalue weighted by atomic mass is 16.7. The molecule has 1 heterocycles. The van der Waals surface area contributed by atoms with Crippen molar-refractivity contribution in [2.45, 2.75) is 13.5 Å². The molecule has 0 radical (unpaired) electrons. The average Bonchev–Trinajstić information content (AvgIpc) is 3.23. The fourth-order valence-corrected chi connectivity index (χ4v) is 3.34. The molecule has 0 unspecified atom stereocenters. The van der Waals surface area contributed by atoms with E-state index in [-0.39, 0.29) is 19.3 Å². The van der Waals surface area contributed by atoms with Crippen LogP contribution in [0.2, 0.25) is 0 Å². The van der Waals surface area contributed by atoms with Gasteiger partial charge in [-0.25, -0.2) is 4.79 Å². The van der Waals surface area contributed by atoms with Gasteiger partial charge in [0.2, 0.25) is 6.79 Å². The molecule has 4 rings (SSSR count). The maximum Gasteiger partial charge on any atom is 0.339 e. The third-order valence-electron chi connectivity index (χ3n) is 4.88. The fraction of sp³-hybridized carbons (Fsp3) is 0.217. The van der Waals surface area contributed by atoms with E-state index in [1.807, 2.05) is 55.5 Å². The van der Waals surface area contributed by atoms with Gasteiger partial charge in [0.1, 0.15) is 0 Å². The highest BCUT2D eigenvalue weighted by molar-refractivity contribution is 6.04. The van der Waals surface area contributed by atoms with E-state index >= 15 is 0 Å². The zero-order valence-electron chi connectivity index (χ0n) is 16.1. The first-order valence-electron chi connectivity index (χ1n) is 9.47. The van der Waals surface area contributed by atoms with E-state index in [0.717, 1.165) is 16.3 Å². The van der Waals surface area contributed by atoms with Crippen LogP contribution in [0.1, 0.15) is 22.8 Å². The lowest BCUT2D eigenvalue weighted by Crippen LogP contribution is -2.34. The summed E-state index contributed by atoms with van der Waals surface area (Å²) in [7, 11) is 0. The lowest BCUT2D eigenvalue weighted by atomic mass is 10.1. The second kappa shape index (κ2) is 8.22. The number of carbonyl (C=O) groups is 2. The van der Waals surface area contributed by atoms with Gasteiger partial charge in [-0.1, -0.05) is 42.5 Å². The van der Waals surface area contributed by atoms with Crippen molar-refractivity contribution in [1.29, 1.82) is 0 Å². The van der Waals surface area contributed by atoms with E-state index in [4.69, 9.17) is 14.2 Å². The van der Waals surface area contributed by atoms with Crippen molar-refractivity contribution in [2.24, 2.45) is 0 Å². The molecule has 0 spiro atoms. The van der Waals surface area contributed by atoms with Gasteiger partial charge in [0.25, 0.3) is 5.91 Å². The zero-order valence-corrected chi connectivity index (χ0v) is 16.1. The van der Waals surface area contributed by atoms with Gasteiger partial charge in [-0.3, -0.25) is 4.79 Å². The van der Waals surface area contributed by atoms with Gasteiger partial charge in [0, 0.05) is 13.1 Å². The van der Waals surface area contributed by atoms with Crippen LogP contribution in [0.5, 0.6) is 11.5 Å². The summed E-state index contributed by atoms with van der Waals surface area (Å²) >= 11 is 0. The van der Waals surface area contributed by atoms with E-state index in [1.165, 1.54) is 0 Å². The minimum Gasteiger partial charge on any atom is -0.454 e. The van der Waals surface area contributed by atoms with E-state index in [1.54, 1.807) is 17.0 Å². The molecule has 1 amide bonds. The van der Waals surface area contributed by atoms with Crippen LogP contribution in [-0.2, 0) is 16.1 Å². The van der Waals surface area contributed by atoms with Crippen molar-refractivity contribution < 1.29 is 23.8 Å². The predicted molar refractivity (Wildman–Crippen MR) is 108 cm³/mol. The van der Waals surface area contributed by atoms with Crippen molar-refractivity contribution in [2.75, 3.05) is 19.9 Å². The number of nitrogens with zero attached hydrogens (tertiary/aromatic N) is 1.